The molecule has 0 aliphatic carbocycles. The van der Waals surface area contributed by atoms with E-state index in [4.69, 9.17) is 4.52 Å². The molecular weight excluding hydrogens is 409 g/mol. The van der Waals surface area contributed by atoms with E-state index in [1.54, 1.807) is 36.6 Å². The van der Waals surface area contributed by atoms with Crippen LogP contribution in [-0.4, -0.2) is 25.2 Å². The Morgan fingerprint density at radius 2 is 1.96 bits per heavy atom. The first kappa shape index (κ1) is 22.8. The summed E-state index contributed by atoms with van der Waals surface area (Å²) >= 11 is 1.14. The minimum atomic E-state index is -2.88. The number of para-hydroxylation sites is 1. The number of fused-ring (bicyclic) bond motifs is 1. The molecule has 3 aromatic heterocycles. The molecule has 0 saturated carbocycles. The van der Waals surface area contributed by atoms with Gasteiger partial charge < -0.3 is 18.6 Å². The van der Waals surface area contributed by atoms with Crippen molar-refractivity contribution in [1.29, 1.82) is 0 Å². The molecule has 0 aliphatic heterocycles. The van der Waals surface area contributed by atoms with Gasteiger partial charge in [-0.15, -0.1) is 11.3 Å². The van der Waals surface area contributed by atoms with Crippen LogP contribution in [0.4, 0.5) is 0 Å². The molecule has 0 saturated heterocycles. The predicted molar refractivity (Wildman–Crippen MR) is 87.8 cm³/mol. The van der Waals surface area contributed by atoms with Crippen LogP contribution in [0, 0.1) is 6.92 Å². The minimum absolute atomic E-state index is 0. The third-order valence-electron chi connectivity index (χ3n) is 3.57. The smallest absolute Gasteiger partial charge is 0.825 e. The van der Waals surface area contributed by atoms with Gasteiger partial charge in [-0.3, -0.25) is 4.79 Å². The number of hydrogen-bond acceptors (Lipinski definition) is 8. The van der Waals surface area contributed by atoms with Crippen molar-refractivity contribution in [3.8, 4) is 11.5 Å². The quantitative estimate of drug-likeness (QED) is 0.186. The first-order valence-corrected chi connectivity index (χ1v) is 9.11. The molecule has 0 bridgehead atoms. The Bertz CT molecular complexity index is 1090. The van der Waals surface area contributed by atoms with Crippen molar-refractivity contribution in [2.75, 3.05) is 0 Å². The van der Waals surface area contributed by atoms with Crippen molar-refractivity contribution in [1.82, 2.24) is 19.5 Å². The van der Waals surface area contributed by atoms with E-state index < -0.39 is 8.53 Å². The molecule has 0 amide bonds. The van der Waals surface area contributed by atoms with Gasteiger partial charge >= 0.3 is 59.1 Å². The molecular formula is C15H9N4Na2O4PS. The molecule has 8 nitrogen and oxygen atoms in total. The second-order valence-corrected chi connectivity index (χ2v) is 6.91. The molecule has 0 radical (unpaired) electrons. The number of aromatic nitrogens is 4. The molecule has 27 heavy (non-hydrogen) atoms. The number of thiazole rings is 1. The van der Waals surface area contributed by atoms with Crippen molar-refractivity contribution >= 4 is 36.5 Å². The number of hydrogen-bond donors (Lipinski definition) is 0. The number of nitrogens with zero attached hydrogens (tertiary/aromatic N) is 4. The summed E-state index contributed by atoms with van der Waals surface area (Å²) in [5, 5.41) is 6.21. The summed E-state index contributed by atoms with van der Waals surface area (Å²) in [5.74, 6) is 0.347. The minimum Gasteiger partial charge on any atom is -0.825 e. The average molecular weight is 418 g/mol. The van der Waals surface area contributed by atoms with Gasteiger partial charge in [0.25, 0.3) is 0 Å². The van der Waals surface area contributed by atoms with Crippen molar-refractivity contribution in [3.05, 3.63) is 52.3 Å². The standard InChI is InChI=1S/C15H9N4O4PS.2Na/c1-8-16-14(18-23-8)11-7-25-15(17-11)13(20)10-6-19(24(21)22)12-5-3-2-4-9(10)12;;/h2-7H,1H3;;/q-2;2*+1. The maximum atomic E-state index is 12.8. The Hall–Kier alpha value is -0.450. The Morgan fingerprint density at radius 1 is 1.22 bits per heavy atom. The Balaban J connectivity index is 0.00000131. The van der Waals surface area contributed by atoms with Gasteiger partial charge in [0, 0.05) is 29.4 Å². The van der Waals surface area contributed by atoms with Gasteiger partial charge in [-0.2, -0.15) is 13.5 Å². The Kier molecular flexibility index (Phi) is 7.92. The number of benzene rings is 1. The molecule has 0 fully saturated rings. The molecule has 0 aliphatic rings. The summed E-state index contributed by atoms with van der Waals surface area (Å²) in [4.78, 5) is 44.0. The number of aryl methyl sites for hydroxylation is 1. The summed E-state index contributed by atoms with van der Waals surface area (Å²) in [6, 6.07) is 6.81. The van der Waals surface area contributed by atoms with Crippen LogP contribution in [0.3, 0.4) is 0 Å². The topological polar surface area (TPSA) is 120 Å². The predicted octanol–water partition coefficient (Wildman–Crippen LogP) is -4.51. The summed E-state index contributed by atoms with van der Waals surface area (Å²) in [6.45, 7) is 1.66. The van der Waals surface area contributed by atoms with Crippen LogP contribution < -0.4 is 68.9 Å². The maximum absolute atomic E-state index is 12.8. The van der Waals surface area contributed by atoms with E-state index in [2.05, 4.69) is 15.1 Å². The van der Waals surface area contributed by atoms with E-state index in [9.17, 15) is 14.6 Å². The number of carbonyl (C=O) groups is 1. The molecule has 0 atom stereocenters. The number of carbonyl (C=O) groups excluding carboxylic acids is 1. The molecule has 4 rings (SSSR count). The van der Waals surface area contributed by atoms with Crippen LogP contribution in [0.1, 0.15) is 21.3 Å². The third kappa shape index (κ3) is 4.43. The van der Waals surface area contributed by atoms with E-state index in [0.717, 1.165) is 15.7 Å². The summed E-state index contributed by atoms with van der Waals surface area (Å²) in [6.07, 6.45) is 1.32. The fourth-order valence-electron chi connectivity index (χ4n) is 2.48. The fourth-order valence-corrected chi connectivity index (χ4v) is 3.79. The van der Waals surface area contributed by atoms with Crippen molar-refractivity contribution in [2.45, 2.75) is 6.92 Å². The van der Waals surface area contributed by atoms with Gasteiger partial charge in [0.05, 0.1) is 5.56 Å². The number of ketones is 1. The Morgan fingerprint density at radius 3 is 2.63 bits per heavy atom. The van der Waals surface area contributed by atoms with Gasteiger partial charge in [-0.1, -0.05) is 23.4 Å². The van der Waals surface area contributed by atoms with Gasteiger partial charge in [0.1, 0.15) is 5.69 Å². The van der Waals surface area contributed by atoms with E-state index in [0.29, 0.717) is 28.3 Å². The van der Waals surface area contributed by atoms with Gasteiger partial charge in [-0.25, -0.2) is 4.98 Å². The van der Waals surface area contributed by atoms with Crippen molar-refractivity contribution < 1.29 is 78.2 Å². The van der Waals surface area contributed by atoms with Crippen molar-refractivity contribution in [2.24, 2.45) is 0 Å². The van der Waals surface area contributed by atoms with E-state index in [1.807, 2.05) is 0 Å². The summed E-state index contributed by atoms with van der Waals surface area (Å²) in [5.41, 5.74) is 1.16. The monoisotopic (exact) mass is 418 g/mol. The van der Waals surface area contributed by atoms with Crippen LogP contribution in [0.25, 0.3) is 22.4 Å². The first-order valence-electron chi connectivity index (χ1n) is 7.10. The summed E-state index contributed by atoms with van der Waals surface area (Å²) < 4.78 is 5.97. The number of rotatable bonds is 4. The Labute approximate surface area is 203 Å². The van der Waals surface area contributed by atoms with Crippen LogP contribution >= 0.6 is 19.9 Å². The second kappa shape index (κ2) is 9.37. The third-order valence-corrected chi connectivity index (χ3v) is 5.09. The zero-order chi connectivity index (χ0) is 17.6. The van der Waals surface area contributed by atoms with E-state index in [-0.39, 0.29) is 75.5 Å². The van der Waals surface area contributed by atoms with Gasteiger partial charge in [0.15, 0.2) is 5.01 Å². The zero-order valence-electron chi connectivity index (χ0n) is 14.7. The van der Waals surface area contributed by atoms with Crippen LogP contribution in [-0.2, 0) is 0 Å². The van der Waals surface area contributed by atoms with Gasteiger partial charge in [0.2, 0.25) is 17.5 Å². The molecule has 126 valence electrons. The van der Waals surface area contributed by atoms with Crippen LogP contribution in [0.5, 0.6) is 0 Å². The molecule has 4 aromatic rings. The van der Waals surface area contributed by atoms with Crippen LogP contribution in [0.2, 0.25) is 0 Å². The molecule has 3 heterocycles. The molecule has 0 spiro atoms. The van der Waals surface area contributed by atoms with Crippen molar-refractivity contribution in [3.63, 3.8) is 0 Å². The largest absolute Gasteiger partial charge is 1.00 e. The zero-order valence-corrected chi connectivity index (χ0v) is 20.5. The fraction of sp³-hybridized carbons (Fsp3) is 0.0667. The maximum Gasteiger partial charge on any atom is 1.00 e. The molecule has 1 aromatic carbocycles. The average Bonchev–Trinajstić information content (AvgIpc) is 3.31. The molecule has 0 N–H and O–H groups in total. The SMILES string of the molecule is Cc1nc(-c2csc(C(=O)c3cn(P([O-])[O-])c4ccccc34)n2)no1.[Na+].[Na+]. The molecule has 12 heteroatoms. The van der Waals surface area contributed by atoms with E-state index >= 15 is 0 Å². The first-order chi connectivity index (χ1) is 12.0. The van der Waals surface area contributed by atoms with Gasteiger partial charge in [-0.05, 0) is 6.07 Å². The van der Waals surface area contributed by atoms with E-state index in [1.165, 1.54) is 6.20 Å². The normalized spacial score (nSPS) is 10.7. The second-order valence-electron chi connectivity index (χ2n) is 5.15. The summed E-state index contributed by atoms with van der Waals surface area (Å²) in [7, 11) is -2.88. The van der Waals surface area contributed by atoms with Crippen LogP contribution in [0.15, 0.2) is 40.4 Å². The molecule has 0 unspecified atom stereocenters.